The standard InChI is InChI=1S/C16H15F3N2O2/c1-2-11-4-3-5-13(8-11)23-10-15(22)21-14-7-6-12(9-20-14)16(17,18)19/h3-9H,2,10H2,1H3,(H,20,21,22). The summed E-state index contributed by atoms with van der Waals surface area (Å²) in [6.07, 6.45) is -2.94. The first-order valence-corrected chi connectivity index (χ1v) is 6.93. The molecule has 1 heterocycles. The highest BCUT2D eigenvalue weighted by Gasteiger charge is 2.30. The lowest BCUT2D eigenvalue weighted by molar-refractivity contribution is -0.137. The van der Waals surface area contributed by atoms with Crippen LogP contribution in [0.25, 0.3) is 0 Å². The van der Waals surface area contributed by atoms with E-state index in [1.165, 1.54) is 0 Å². The number of ether oxygens (including phenoxy) is 1. The van der Waals surface area contributed by atoms with Crippen molar-refractivity contribution in [1.82, 2.24) is 4.98 Å². The third-order valence-electron chi connectivity index (χ3n) is 3.03. The molecule has 0 aliphatic carbocycles. The van der Waals surface area contributed by atoms with Crippen LogP contribution in [0.1, 0.15) is 18.1 Å². The van der Waals surface area contributed by atoms with Gasteiger partial charge >= 0.3 is 6.18 Å². The number of aromatic nitrogens is 1. The van der Waals surface area contributed by atoms with Crippen molar-refractivity contribution < 1.29 is 22.7 Å². The number of hydrogen-bond donors (Lipinski definition) is 1. The summed E-state index contributed by atoms with van der Waals surface area (Å²) in [5, 5.41) is 2.38. The predicted octanol–water partition coefficient (Wildman–Crippen LogP) is 3.68. The van der Waals surface area contributed by atoms with E-state index in [-0.39, 0.29) is 12.4 Å². The van der Waals surface area contributed by atoms with Crippen molar-refractivity contribution in [3.63, 3.8) is 0 Å². The molecular formula is C16H15F3N2O2. The van der Waals surface area contributed by atoms with Gasteiger partial charge in [0.2, 0.25) is 0 Å². The van der Waals surface area contributed by atoms with E-state index in [0.717, 1.165) is 24.1 Å². The summed E-state index contributed by atoms with van der Waals surface area (Å²) in [7, 11) is 0. The number of anilines is 1. The van der Waals surface area contributed by atoms with Crippen molar-refractivity contribution in [2.75, 3.05) is 11.9 Å². The van der Waals surface area contributed by atoms with Gasteiger partial charge in [0, 0.05) is 6.20 Å². The van der Waals surface area contributed by atoms with Gasteiger partial charge < -0.3 is 10.1 Å². The van der Waals surface area contributed by atoms with E-state index < -0.39 is 17.6 Å². The Bertz CT molecular complexity index is 670. The quantitative estimate of drug-likeness (QED) is 0.913. The van der Waals surface area contributed by atoms with Gasteiger partial charge in [0.05, 0.1) is 5.56 Å². The molecule has 1 aromatic carbocycles. The molecule has 0 saturated carbocycles. The van der Waals surface area contributed by atoms with Crippen LogP contribution in [0.5, 0.6) is 5.75 Å². The van der Waals surface area contributed by atoms with Gasteiger partial charge in [0.1, 0.15) is 11.6 Å². The molecule has 0 bridgehead atoms. The molecular weight excluding hydrogens is 309 g/mol. The third-order valence-corrected chi connectivity index (χ3v) is 3.03. The SMILES string of the molecule is CCc1cccc(OCC(=O)Nc2ccc(C(F)(F)F)cn2)c1. The lowest BCUT2D eigenvalue weighted by Gasteiger charge is -2.09. The molecule has 0 saturated heterocycles. The second-order valence-corrected chi connectivity index (χ2v) is 4.77. The van der Waals surface area contributed by atoms with Gasteiger partial charge in [0.15, 0.2) is 6.61 Å². The summed E-state index contributed by atoms with van der Waals surface area (Å²) >= 11 is 0. The zero-order chi connectivity index (χ0) is 16.9. The van der Waals surface area contributed by atoms with Crippen LogP contribution in [0.15, 0.2) is 42.6 Å². The van der Waals surface area contributed by atoms with Gasteiger partial charge in [-0.3, -0.25) is 4.79 Å². The molecule has 0 spiro atoms. The summed E-state index contributed by atoms with van der Waals surface area (Å²) in [4.78, 5) is 15.3. The summed E-state index contributed by atoms with van der Waals surface area (Å²) in [5.74, 6) is 0.0907. The molecule has 4 nitrogen and oxygen atoms in total. The van der Waals surface area contributed by atoms with E-state index in [0.29, 0.717) is 11.9 Å². The molecule has 1 N–H and O–H groups in total. The number of aryl methyl sites for hydroxylation is 1. The second-order valence-electron chi connectivity index (χ2n) is 4.77. The lowest BCUT2D eigenvalue weighted by atomic mass is 10.2. The summed E-state index contributed by atoms with van der Waals surface area (Å²) in [6.45, 7) is 1.75. The number of amides is 1. The van der Waals surface area contributed by atoms with E-state index in [4.69, 9.17) is 4.74 Å². The first-order chi connectivity index (χ1) is 10.9. The number of carbonyl (C=O) groups excluding carboxylic acids is 1. The molecule has 0 aliphatic rings. The Labute approximate surface area is 131 Å². The fourth-order valence-electron chi connectivity index (χ4n) is 1.82. The smallest absolute Gasteiger partial charge is 0.417 e. The Morgan fingerprint density at radius 2 is 2.04 bits per heavy atom. The number of benzene rings is 1. The minimum Gasteiger partial charge on any atom is -0.484 e. The maximum atomic E-state index is 12.4. The van der Waals surface area contributed by atoms with Crippen LogP contribution in [-0.4, -0.2) is 17.5 Å². The maximum absolute atomic E-state index is 12.4. The lowest BCUT2D eigenvalue weighted by Crippen LogP contribution is -2.21. The predicted molar refractivity (Wildman–Crippen MR) is 79.2 cm³/mol. The topological polar surface area (TPSA) is 51.2 Å². The summed E-state index contributed by atoms with van der Waals surface area (Å²) in [5.41, 5.74) is 0.204. The van der Waals surface area contributed by atoms with Gasteiger partial charge in [-0.25, -0.2) is 4.98 Å². The molecule has 0 radical (unpaired) electrons. The normalized spacial score (nSPS) is 11.1. The molecule has 7 heteroatoms. The number of rotatable bonds is 5. The Hall–Kier alpha value is -2.57. The number of carbonyl (C=O) groups is 1. The first-order valence-electron chi connectivity index (χ1n) is 6.93. The van der Waals surface area contributed by atoms with E-state index in [1.807, 2.05) is 25.1 Å². The molecule has 0 aliphatic heterocycles. The number of hydrogen-bond acceptors (Lipinski definition) is 3. The van der Waals surface area contributed by atoms with E-state index in [1.54, 1.807) is 6.07 Å². The second kappa shape index (κ2) is 7.13. The van der Waals surface area contributed by atoms with Gasteiger partial charge in [-0.2, -0.15) is 13.2 Å². The number of pyridine rings is 1. The average Bonchev–Trinajstić information content (AvgIpc) is 2.53. The minimum atomic E-state index is -4.46. The average molecular weight is 324 g/mol. The first kappa shape index (κ1) is 16.8. The zero-order valence-corrected chi connectivity index (χ0v) is 12.4. The zero-order valence-electron chi connectivity index (χ0n) is 12.4. The van der Waals surface area contributed by atoms with Crippen molar-refractivity contribution in [3.8, 4) is 5.75 Å². The van der Waals surface area contributed by atoms with Crippen molar-refractivity contribution in [3.05, 3.63) is 53.7 Å². The van der Waals surface area contributed by atoms with Crippen LogP contribution in [-0.2, 0) is 17.4 Å². The van der Waals surface area contributed by atoms with Gasteiger partial charge in [0.25, 0.3) is 5.91 Å². The van der Waals surface area contributed by atoms with Crippen LogP contribution < -0.4 is 10.1 Å². The maximum Gasteiger partial charge on any atom is 0.417 e. The van der Waals surface area contributed by atoms with Crippen LogP contribution in [0, 0.1) is 0 Å². The molecule has 0 unspecified atom stereocenters. The van der Waals surface area contributed by atoms with Crippen LogP contribution in [0.3, 0.4) is 0 Å². The van der Waals surface area contributed by atoms with Crippen LogP contribution in [0.4, 0.5) is 19.0 Å². The molecule has 0 atom stereocenters. The van der Waals surface area contributed by atoms with Crippen molar-refractivity contribution >= 4 is 11.7 Å². The van der Waals surface area contributed by atoms with E-state index >= 15 is 0 Å². The van der Waals surface area contributed by atoms with Crippen LogP contribution in [0.2, 0.25) is 0 Å². The minimum absolute atomic E-state index is 0.0360. The largest absolute Gasteiger partial charge is 0.484 e. The molecule has 2 rings (SSSR count). The molecule has 2 aromatic rings. The Kier molecular flexibility index (Phi) is 5.20. The monoisotopic (exact) mass is 324 g/mol. The van der Waals surface area contributed by atoms with E-state index in [2.05, 4.69) is 10.3 Å². The molecule has 23 heavy (non-hydrogen) atoms. The summed E-state index contributed by atoms with van der Waals surface area (Å²) < 4.78 is 42.6. The third kappa shape index (κ3) is 4.98. The Balaban J connectivity index is 1.89. The van der Waals surface area contributed by atoms with Crippen LogP contribution >= 0.6 is 0 Å². The highest BCUT2D eigenvalue weighted by molar-refractivity contribution is 5.90. The fourth-order valence-corrected chi connectivity index (χ4v) is 1.82. The molecule has 0 fully saturated rings. The Morgan fingerprint density at radius 3 is 2.65 bits per heavy atom. The van der Waals surface area contributed by atoms with Crippen molar-refractivity contribution in [2.45, 2.75) is 19.5 Å². The van der Waals surface area contributed by atoms with Gasteiger partial charge in [-0.05, 0) is 36.2 Å². The number of halogens is 3. The molecule has 1 amide bonds. The summed E-state index contributed by atoms with van der Waals surface area (Å²) in [6, 6.07) is 9.27. The van der Waals surface area contributed by atoms with Crippen molar-refractivity contribution in [2.24, 2.45) is 0 Å². The fraction of sp³-hybridized carbons (Fsp3) is 0.250. The Morgan fingerprint density at radius 1 is 1.26 bits per heavy atom. The van der Waals surface area contributed by atoms with E-state index in [9.17, 15) is 18.0 Å². The highest BCUT2D eigenvalue weighted by Crippen LogP contribution is 2.28. The number of alkyl halides is 3. The molecule has 1 aromatic heterocycles. The van der Waals surface area contributed by atoms with Crippen molar-refractivity contribution in [1.29, 1.82) is 0 Å². The number of nitrogens with zero attached hydrogens (tertiary/aromatic N) is 1. The number of nitrogens with one attached hydrogen (secondary N) is 1. The highest BCUT2D eigenvalue weighted by atomic mass is 19.4. The molecule has 122 valence electrons. The van der Waals surface area contributed by atoms with Gasteiger partial charge in [-0.1, -0.05) is 19.1 Å². The van der Waals surface area contributed by atoms with Gasteiger partial charge in [-0.15, -0.1) is 0 Å².